The molecule has 0 spiro atoms. The van der Waals surface area contributed by atoms with Crippen molar-refractivity contribution < 1.29 is 18.0 Å². The molecular weight excluding hydrogens is 429 g/mol. The molecule has 0 aromatic carbocycles. The van der Waals surface area contributed by atoms with Crippen LogP contribution in [0.25, 0.3) is 0 Å². The second-order valence-corrected chi connectivity index (χ2v) is 10.1. The van der Waals surface area contributed by atoms with Gasteiger partial charge in [0.1, 0.15) is 22.8 Å². The number of aromatic nitrogens is 2. The predicted octanol–water partition coefficient (Wildman–Crippen LogP) is 2.43. The molecule has 0 radical (unpaired) electrons. The number of carbonyl (C=O) groups is 1. The Balaban J connectivity index is 1.50. The maximum atomic E-state index is 13.3. The summed E-state index contributed by atoms with van der Waals surface area (Å²) in [7, 11) is 0. The molecule has 0 saturated carbocycles. The van der Waals surface area contributed by atoms with Crippen LogP contribution in [-0.4, -0.2) is 71.3 Å². The summed E-state index contributed by atoms with van der Waals surface area (Å²) in [6.07, 6.45) is -2.99. The normalized spacial score (nSPS) is 21.3. The van der Waals surface area contributed by atoms with Gasteiger partial charge >= 0.3 is 6.18 Å². The molecule has 1 unspecified atom stereocenters. The van der Waals surface area contributed by atoms with Gasteiger partial charge in [0.05, 0.1) is 0 Å². The van der Waals surface area contributed by atoms with E-state index in [0.29, 0.717) is 31.9 Å². The minimum absolute atomic E-state index is 0.0179. The summed E-state index contributed by atoms with van der Waals surface area (Å²) in [5.41, 5.74) is -1.47. The van der Waals surface area contributed by atoms with Crippen LogP contribution in [0.5, 0.6) is 0 Å². The summed E-state index contributed by atoms with van der Waals surface area (Å²) in [5.74, 6) is 1.57. The first-order valence-electron chi connectivity index (χ1n) is 10.6. The van der Waals surface area contributed by atoms with E-state index in [1.807, 2.05) is 25.7 Å². The SMILES string of the molecule is CC(C)(C)c1nc(N2CCN(CCCSC3NCCC(=O)N3)CC2)cc(C(F)(F)F)n1. The molecule has 2 aliphatic heterocycles. The molecule has 1 aromatic rings. The molecule has 0 aliphatic carbocycles. The van der Waals surface area contributed by atoms with Crippen LogP contribution in [0.3, 0.4) is 0 Å². The Labute approximate surface area is 185 Å². The summed E-state index contributed by atoms with van der Waals surface area (Å²) in [5, 5.41) is 6.17. The Bertz CT molecular complexity index is 730. The Kier molecular flexibility index (Phi) is 7.69. The summed E-state index contributed by atoms with van der Waals surface area (Å²) >= 11 is 1.69. The molecule has 7 nitrogen and oxygen atoms in total. The quantitative estimate of drug-likeness (QED) is 0.632. The highest BCUT2D eigenvalue weighted by molar-refractivity contribution is 7.99. The van der Waals surface area contributed by atoms with Crippen LogP contribution in [0.15, 0.2) is 6.07 Å². The molecule has 3 heterocycles. The van der Waals surface area contributed by atoms with Gasteiger partial charge in [-0.2, -0.15) is 13.2 Å². The van der Waals surface area contributed by atoms with E-state index in [4.69, 9.17) is 0 Å². The van der Waals surface area contributed by atoms with E-state index < -0.39 is 17.3 Å². The number of nitrogens with zero attached hydrogens (tertiary/aromatic N) is 4. The zero-order chi connectivity index (χ0) is 22.6. The molecule has 3 rings (SSSR count). The number of carbonyl (C=O) groups excluding carboxylic acids is 1. The average Bonchev–Trinajstić information content (AvgIpc) is 2.70. The smallest absolute Gasteiger partial charge is 0.354 e. The van der Waals surface area contributed by atoms with E-state index in [1.54, 1.807) is 11.8 Å². The number of piperazine rings is 1. The maximum Gasteiger partial charge on any atom is 0.433 e. The van der Waals surface area contributed by atoms with Gasteiger partial charge in [-0.3, -0.25) is 15.0 Å². The lowest BCUT2D eigenvalue weighted by molar-refractivity contribution is -0.141. The van der Waals surface area contributed by atoms with Gasteiger partial charge in [-0.25, -0.2) is 9.97 Å². The van der Waals surface area contributed by atoms with Crippen molar-refractivity contribution >= 4 is 23.5 Å². The van der Waals surface area contributed by atoms with Crippen LogP contribution >= 0.6 is 11.8 Å². The zero-order valence-electron chi connectivity index (χ0n) is 18.3. The standard InChI is InChI=1S/C20H31F3N6OS/c1-19(2,3)17-25-14(20(21,22)23)13-15(26-17)29-10-8-28(9-11-29)7-4-12-31-18-24-6-5-16(30)27-18/h13,18,24H,4-12H2,1-3H3,(H,27,30). The fourth-order valence-corrected chi connectivity index (χ4v) is 4.44. The van der Waals surface area contributed by atoms with Crippen LogP contribution < -0.4 is 15.5 Å². The topological polar surface area (TPSA) is 73.4 Å². The molecule has 1 amide bonds. The third kappa shape index (κ3) is 6.95. The third-order valence-electron chi connectivity index (χ3n) is 5.25. The molecule has 1 atom stereocenters. The Hall–Kier alpha value is -1.59. The molecule has 2 saturated heterocycles. The molecule has 2 fully saturated rings. The monoisotopic (exact) mass is 460 g/mol. The first kappa shape index (κ1) is 24.1. The highest BCUT2D eigenvalue weighted by Gasteiger charge is 2.36. The number of halogens is 3. The first-order chi connectivity index (χ1) is 14.5. The summed E-state index contributed by atoms with van der Waals surface area (Å²) < 4.78 is 40.0. The number of hydrogen-bond donors (Lipinski definition) is 2. The van der Waals surface area contributed by atoms with Crippen molar-refractivity contribution in [3.05, 3.63) is 17.6 Å². The Morgan fingerprint density at radius 1 is 1.16 bits per heavy atom. The molecule has 1 aromatic heterocycles. The molecule has 11 heteroatoms. The number of rotatable bonds is 6. The highest BCUT2D eigenvalue weighted by atomic mass is 32.2. The number of nitrogens with one attached hydrogen (secondary N) is 2. The third-order valence-corrected chi connectivity index (χ3v) is 6.39. The van der Waals surface area contributed by atoms with Crippen molar-refractivity contribution in [2.75, 3.05) is 49.9 Å². The molecule has 0 bridgehead atoms. The number of anilines is 1. The van der Waals surface area contributed by atoms with Crippen LogP contribution in [0.2, 0.25) is 0 Å². The lowest BCUT2D eigenvalue weighted by Gasteiger charge is -2.36. The van der Waals surface area contributed by atoms with Gasteiger partial charge in [0.15, 0.2) is 0 Å². The molecule has 31 heavy (non-hydrogen) atoms. The maximum absolute atomic E-state index is 13.3. The molecule has 174 valence electrons. The fourth-order valence-electron chi connectivity index (χ4n) is 3.45. The van der Waals surface area contributed by atoms with Crippen LogP contribution in [0, 0.1) is 0 Å². The van der Waals surface area contributed by atoms with Gasteiger partial charge in [0, 0.05) is 50.6 Å². The van der Waals surface area contributed by atoms with Crippen molar-refractivity contribution in [1.82, 2.24) is 25.5 Å². The second-order valence-electron chi connectivity index (χ2n) is 8.89. The van der Waals surface area contributed by atoms with Crippen molar-refractivity contribution in [2.45, 2.75) is 50.7 Å². The van der Waals surface area contributed by atoms with Gasteiger partial charge in [0.2, 0.25) is 5.91 Å². The van der Waals surface area contributed by atoms with Gasteiger partial charge in [-0.05, 0) is 18.7 Å². The van der Waals surface area contributed by atoms with E-state index in [1.165, 1.54) is 0 Å². The first-order valence-corrected chi connectivity index (χ1v) is 11.7. The predicted molar refractivity (Wildman–Crippen MR) is 116 cm³/mol. The van der Waals surface area contributed by atoms with Gasteiger partial charge in [0.25, 0.3) is 0 Å². The number of thioether (sulfide) groups is 1. The molecule has 2 aliphatic rings. The van der Waals surface area contributed by atoms with Gasteiger partial charge in [-0.1, -0.05) is 20.8 Å². The van der Waals surface area contributed by atoms with Gasteiger partial charge in [-0.15, -0.1) is 11.8 Å². The van der Waals surface area contributed by atoms with Crippen molar-refractivity contribution in [2.24, 2.45) is 0 Å². The van der Waals surface area contributed by atoms with Crippen molar-refractivity contribution in [3.63, 3.8) is 0 Å². The van der Waals surface area contributed by atoms with Gasteiger partial charge < -0.3 is 10.2 Å². The van der Waals surface area contributed by atoms with E-state index >= 15 is 0 Å². The summed E-state index contributed by atoms with van der Waals surface area (Å²) in [4.78, 5) is 23.9. The number of hydrogen-bond acceptors (Lipinski definition) is 7. The van der Waals surface area contributed by atoms with Crippen molar-refractivity contribution in [3.8, 4) is 0 Å². The number of alkyl halides is 3. The molecular formula is C20H31F3N6OS. The van der Waals surface area contributed by atoms with Crippen molar-refractivity contribution in [1.29, 1.82) is 0 Å². The lowest BCUT2D eigenvalue weighted by atomic mass is 9.95. The zero-order valence-corrected chi connectivity index (χ0v) is 19.1. The minimum Gasteiger partial charge on any atom is -0.354 e. The second kappa shape index (κ2) is 9.91. The van der Waals surface area contributed by atoms with Crippen LogP contribution in [0.1, 0.15) is 45.1 Å². The fraction of sp³-hybridized carbons (Fsp3) is 0.750. The highest BCUT2D eigenvalue weighted by Crippen LogP contribution is 2.32. The summed E-state index contributed by atoms with van der Waals surface area (Å²) in [6.45, 7) is 9.90. The minimum atomic E-state index is -4.50. The Morgan fingerprint density at radius 3 is 2.48 bits per heavy atom. The van der Waals surface area contributed by atoms with Crippen LogP contribution in [-0.2, 0) is 16.4 Å². The van der Waals surface area contributed by atoms with E-state index in [2.05, 4.69) is 25.5 Å². The number of amides is 1. The lowest BCUT2D eigenvalue weighted by Crippen LogP contribution is -2.49. The average molecular weight is 461 g/mol. The van der Waals surface area contributed by atoms with Crippen LogP contribution in [0.4, 0.5) is 19.0 Å². The van der Waals surface area contributed by atoms with E-state index in [9.17, 15) is 18.0 Å². The summed E-state index contributed by atoms with van der Waals surface area (Å²) in [6, 6.07) is 1.06. The largest absolute Gasteiger partial charge is 0.433 e. The Morgan fingerprint density at radius 2 is 1.87 bits per heavy atom. The molecule has 2 N–H and O–H groups in total. The van der Waals surface area contributed by atoms with E-state index in [-0.39, 0.29) is 17.2 Å². The van der Waals surface area contributed by atoms with E-state index in [0.717, 1.165) is 37.9 Å².